The standard InChI is InChI=1S/C27H39N4O6P/c1-3-22-23(15-24(36-22)30-16-19(2)25(32)28-26(30)33)37-27(34)35-14-13-29(17-20-9-5-4-6-10-20)18-21-11-7-8-12-31(21)38/h4-6,9-10,16,21-24H,3,7-8,11-15,17-18,38H2,1-2H3,(H,28,32,33)/t21?,22-,23?,24-/m1/s1. The molecule has 0 radical (unpaired) electrons. The summed E-state index contributed by atoms with van der Waals surface area (Å²) in [5.74, 6) is 0. The molecule has 0 bridgehead atoms. The number of aromatic amines is 1. The normalized spacial score (nSPS) is 24.0. The summed E-state index contributed by atoms with van der Waals surface area (Å²) in [6, 6.07) is 10.7. The van der Waals surface area contributed by atoms with E-state index in [-0.39, 0.29) is 12.7 Å². The van der Waals surface area contributed by atoms with Gasteiger partial charge in [0, 0.05) is 50.4 Å². The maximum Gasteiger partial charge on any atom is 0.508 e. The zero-order valence-electron chi connectivity index (χ0n) is 22.2. The van der Waals surface area contributed by atoms with E-state index in [1.807, 2.05) is 25.1 Å². The van der Waals surface area contributed by atoms with Gasteiger partial charge in [-0.15, -0.1) is 0 Å². The van der Waals surface area contributed by atoms with Crippen LogP contribution >= 0.6 is 9.39 Å². The third kappa shape index (κ3) is 7.53. The number of carbonyl (C=O) groups is 1. The molecule has 2 saturated heterocycles. The Balaban J connectivity index is 1.31. The van der Waals surface area contributed by atoms with Crippen LogP contribution in [-0.4, -0.2) is 69.8 Å². The molecule has 4 rings (SSSR count). The van der Waals surface area contributed by atoms with Crippen LogP contribution in [0.25, 0.3) is 0 Å². The van der Waals surface area contributed by atoms with Crippen molar-refractivity contribution in [2.45, 2.75) is 77.0 Å². The monoisotopic (exact) mass is 546 g/mol. The number of aryl methyl sites for hydroxylation is 1. The van der Waals surface area contributed by atoms with E-state index < -0.39 is 29.7 Å². The Bertz CT molecular complexity index is 1170. The molecule has 0 aliphatic carbocycles. The number of benzene rings is 1. The van der Waals surface area contributed by atoms with Crippen molar-refractivity contribution in [1.29, 1.82) is 0 Å². The van der Waals surface area contributed by atoms with Gasteiger partial charge in [-0.25, -0.2) is 9.59 Å². The molecule has 10 nitrogen and oxygen atoms in total. The summed E-state index contributed by atoms with van der Waals surface area (Å²) in [5.41, 5.74) is 0.643. The minimum Gasteiger partial charge on any atom is -0.433 e. The number of carbonyl (C=O) groups excluding carboxylic acids is 1. The minimum atomic E-state index is -0.743. The van der Waals surface area contributed by atoms with Crippen LogP contribution < -0.4 is 11.2 Å². The van der Waals surface area contributed by atoms with Gasteiger partial charge in [0.15, 0.2) is 0 Å². The van der Waals surface area contributed by atoms with Gasteiger partial charge in [0.2, 0.25) is 0 Å². The highest BCUT2D eigenvalue weighted by atomic mass is 31.0. The van der Waals surface area contributed by atoms with Gasteiger partial charge in [0.1, 0.15) is 18.9 Å². The Morgan fingerprint density at radius 2 is 2.03 bits per heavy atom. The quantitative estimate of drug-likeness (QED) is 0.358. The van der Waals surface area contributed by atoms with Crippen LogP contribution in [0.3, 0.4) is 0 Å². The van der Waals surface area contributed by atoms with E-state index in [0.717, 1.165) is 26.1 Å². The molecular formula is C27H39N4O6P. The highest BCUT2D eigenvalue weighted by Gasteiger charge is 2.38. The number of piperidine rings is 1. The lowest BCUT2D eigenvalue weighted by Crippen LogP contribution is -2.43. The molecule has 3 unspecified atom stereocenters. The highest BCUT2D eigenvalue weighted by molar-refractivity contribution is 7.13. The lowest BCUT2D eigenvalue weighted by molar-refractivity contribution is -0.0384. The zero-order valence-corrected chi connectivity index (χ0v) is 23.4. The maximum absolute atomic E-state index is 12.6. The minimum absolute atomic E-state index is 0.210. The van der Waals surface area contributed by atoms with Gasteiger partial charge in [-0.2, -0.15) is 0 Å². The fourth-order valence-corrected chi connectivity index (χ4v) is 5.59. The summed E-state index contributed by atoms with van der Waals surface area (Å²) in [4.78, 5) is 41.2. The fraction of sp³-hybridized carbons (Fsp3) is 0.593. The molecule has 3 heterocycles. The number of nitrogens with one attached hydrogen (secondary N) is 1. The lowest BCUT2D eigenvalue weighted by Gasteiger charge is -2.36. The Morgan fingerprint density at radius 1 is 1.24 bits per heavy atom. The largest absolute Gasteiger partial charge is 0.508 e. The Morgan fingerprint density at radius 3 is 2.76 bits per heavy atom. The number of rotatable bonds is 10. The highest BCUT2D eigenvalue weighted by Crippen LogP contribution is 2.31. The molecule has 1 N–H and O–H groups in total. The molecule has 1 aromatic heterocycles. The zero-order chi connectivity index (χ0) is 27.1. The molecule has 38 heavy (non-hydrogen) atoms. The second kappa shape index (κ2) is 13.5. The summed E-state index contributed by atoms with van der Waals surface area (Å²) in [5, 5.41) is 0. The lowest BCUT2D eigenvalue weighted by atomic mass is 10.0. The van der Waals surface area contributed by atoms with Crippen molar-refractivity contribution in [3.63, 3.8) is 0 Å². The van der Waals surface area contributed by atoms with Gasteiger partial charge in [0.05, 0.1) is 6.10 Å². The summed E-state index contributed by atoms with van der Waals surface area (Å²) < 4.78 is 20.8. The van der Waals surface area contributed by atoms with Gasteiger partial charge >= 0.3 is 11.8 Å². The summed E-state index contributed by atoms with van der Waals surface area (Å²) >= 11 is 0. The molecular weight excluding hydrogens is 507 g/mol. The van der Waals surface area contributed by atoms with Crippen molar-refractivity contribution in [1.82, 2.24) is 19.1 Å². The third-order valence-electron chi connectivity index (χ3n) is 7.30. The van der Waals surface area contributed by atoms with Crippen molar-refractivity contribution in [3.05, 3.63) is 68.5 Å². The first-order valence-electron chi connectivity index (χ1n) is 13.4. The topological polar surface area (TPSA) is 106 Å². The Hall–Kier alpha value is -2.52. The number of nitrogens with zero attached hydrogens (tertiary/aromatic N) is 3. The van der Waals surface area contributed by atoms with E-state index in [9.17, 15) is 14.4 Å². The van der Waals surface area contributed by atoms with Gasteiger partial charge in [-0.05, 0) is 31.7 Å². The van der Waals surface area contributed by atoms with E-state index in [1.54, 1.807) is 6.92 Å². The van der Waals surface area contributed by atoms with Gasteiger partial charge < -0.3 is 14.2 Å². The predicted octanol–water partition coefficient (Wildman–Crippen LogP) is 3.21. The second-order valence-electron chi connectivity index (χ2n) is 10.1. The Labute approximate surface area is 225 Å². The fourth-order valence-electron chi connectivity index (χ4n) is 5.17. The van der Waals surface area contributed by atoms with E-state index in [2.05, 4.69) is 36.1 Å². The van der Waals surface area contributed by atoms with Crippen LogP contribution in [0, 0.1) is 6.92 Å². The first-order valence-corrected chi connectivity index (χ1v) is 13.9. The average molecular weight is 547 g/mol. The molecule has 0 amide bonds. The van der Waals surface area contributed by atoms with Gasteiger partial charge in [-0.1, -0.05) is 53.1 Å². The van der Waals surface area contributed by atoms with Crippen molar-refractivity contribution < 1.29 is 19.0 Å². The van der Waals surface area contributed by atoms with Crippen molar-refractivity contribution in [2.75, 3.05) is 26.2 Å². The maximum atomic E-state index is 12.6. The van der Waals surface area contributed by atoms with E-state index >= 15 is 0 Å². The number of ether oxygens (including phenoxy) is 3. The molecule has 1 aromatic carbocycles. The molecule has 208 valence electrons. The second-order valence-corrected chi connectivity index (χ2v) is 10.8. The summed E-state index contributed by atoms with van der Waals surface area (Å²) in [7, 11) is 2.86. The van der Waals surface area contributed by atoms with Crippen LogP contribution in [0.5, 0.6) is 0 Å². The first-order chi connectivity index (χ1) is 18.3. The van der Waals surface area contributed by atoms with Crippen molar-refractivity contribution in [3.8, 4) is 0 Å². The summed E-state index contributed by atoms with van der Waals surface area (Å²) in [6.45, 7) is 7.09. The number of H-pyrrole nitrogens is 1. The Kier molecular flexibility index (Phi) is 10.1. The van der Waals surface area contributed by atoms with Crippen LogP contribution in [-0.2, 0) is 20.8 Å². The van der Waals surface area contributed by atoms with Gasteiger partial charge in [0.25, 0.3) is 5.56 Å². The molecule has 0 saturated carbocycles. The van der Waals surface area contributed by atoms with E-state index in [0.29, 0.717) is 31.0 Å². The predicted molar refractivity (Wildman–Crippen MR) is 147 cm³/mol. The molecule has 2 fully saturated rings. The van der Waals surface area contributed by atoms with Crippen molar-refractivity contribution in [2.24, 2.45) is 0 Å². The van der Waals surface area contributed by atoms with Crippen molar-refractivity contribution >= 4 is 15.5 Å². The van der Waals surface area contributed by atoms with Crippen LogP contribution in [0.4, 0.5) is 4.79 Å². The van der Waals surface area contributed by atoms with E-state index in [4.69, 9.17) is 14.2 Å². The first kappa shape index (κ1) is 28.5. The molecule has 2 aromatic rings. The SMILES string of the molecule is CC[C@H]1O[C@@H](n2cc(C)c(=O)[nH]c2=O)CC1OC(=O)OCCN(Cc1ccccc1)CC1CCCCN1P. The molecule has 2 aliphatic rings. The molecule has 11 heteroatoms. The van der Waals surface area contributed by atoms with Gasteiger partial charge in [-0.3, -0.25) is 23.9 Å². The number of hydrogen-bond acceptors (Lipinski definition) is 8. The summed E-state index contributed by atoms with van der Waals surface area (Å²) in [6.07, 6.45) is 3.67. The van der Waals surface area contributed by atoms with Crippen LogP contribution in [0.1, 0.15) is 56.4 Å². The van der Waals surface area contributed by atoms with Crippen LogP contribution in [0.2, 0.25) is 0 Å². The van der Waals surface area contributed by atoms with Crippen LogP contribution in [0.15, 0.2) is 46.1 Å². The third-order valence-corrected chi connectivity index (χ3v) is 7.98. The molecule has 2 aliphatic heterocycles. The van der Waals surface area contributed by atoms with E-state index in [1.165, 1.54) is 29.2 Å². The molecule has 0 spiro atoms. The average Bonchev–Trinajstić information content (AvgIpc) is 3.30. The molecule has 5 atom stereocenters. The number of aromatic nitrogens is 2. The number of hydrogen-bond donors (Lipinski definition) is 1. The smallest absolute Gasteiger partial charge is 0.433 e.